The van der Waals surface area contributed by atoms with Gasteiger partial charge in [-0.2, -0.15) is 0 Å². The van der Waals surface area contributed by atoms with E-state index in [1.807, 2.05) is 19.1 Å². The van der Waals surface area contributed by atoms with Gasteiger partial charge < -0.3 is 24.8 Å². The first kappa shape index (κ1) is 21.2. The number of urea groups is 1. The molecule has 0 aliphatic carbocycles. The molecule has 0 spiro atoms. The Kier molecular flexibility index (Phi) is 6.56. The summed E-state index contributed by atoms with van der Waals surface area (Å²) in [5, 5.41) is 5.70. The monoisotopic (exact) mass is 411 g/mol. The maximum atomic E-state index is 13.3. The molecule has 0 saturated carbocycles. The Balaban J connectivity index is 1.97. The number of methoxy groups -OCH3 is 2. The topological polar surface area (TPSA) is 98.2 Å². The van der Waals surface area contributed by atoms with Gasteiger partial charge in [-0.15, -0.1) is 0 Å². The van der Waals surface area contributed by atoms with Crippen molar-refractivity contribution in [2.24, 2.45) is 10.9 Å². The predicted molar refractivity (Wildman–Crippen MR) is 114 cm³/mol. The van der Waals surface area contributed by atoms with Crippen molar-refractivity contribution < 1.29 is 23.8 Å². The van der Waals surface area contributed by atoms with Crippen LogP contribution in [0.5, 0.6) is 17.2 Å². The highest BCUT2D eigenvalue weighted by molar-refractivity contribution is 6.13. The van der Waals surface area contributed by atoms with Gasteiger partial charge in [0.15, 0.2) is 0 Å². The van der Waals surface area contributed by atoms with Crippen LogP contribution in [0, 0.1) is 5.92 Å². The molecule has 1 aliphatic heterocycles. The fourth-order valence-electron chi connectivity index (χ4n) is 3.46. The summed E-state index contributed by atoms with van der Waals surface area (Å²) in [6, 6.07) is 11.3. The summed E-state index contributed by atoms with van der Waals surface area (Å²) in [6.07, 6.45) is 0. The SMILES string of the molecule is CCOc1ccccc1NC(=O)C1C(C)=NC(=O)NC1c1ccc(OC)cc1OC. The number of carbonyl (C=O) groups is 2. The molecule has 8 nitrogen and oxygen atoms in total. The lowest BCUT2D eigenvalue weighted by Crippen LogP contribution is -2.45. The van der Waals surface area contributed by atoms with E-state index < -0.39 is 18.0 Å². The number of hydrogen-bond acceptors (Lipinski definition) is 5. The summed E-state index contributed by atoms with van der Waals surface area (Å²) < 4.78 is 16.3. The number of para-hydroxylation sites is 2. The minimum atomic E-state index is -0.736. The van der Waals surface area contributed by atoms with Crippen molar-refractivity contribution in [1.29, 1.82) is 0 Å². The Labute approximate surface area is 175 Å². The van der Waals surface area contributed by atoms with Crippen LogP contribution in [0.2, 0.25) is 0 Å². The highest BCUT2D eigenvalue weighted by atomic mass is 16.5. The van der Waals surface area contributed by atoms with E-state index in [1.54, 1.807) is 44.4 Å². The molecule has 1 heterocycles. The summed E-state index contributed by atoms with van der Waals surface area (Å²) in [6.45, 7) is 4.01. The van der Waals surface area contributed by atoms with Crippen LogP contribution < -0.4 is 24.8 Å². The number of nitrogens with zero attached hydrogens (tertiary/aromatic N) is 1. The maximum absolute atomic E-state index is 13.3. The van der Waals surface area contributed by atoms with Crippen LogP contribution in [0.1, 0.15) is 25.5 Å². The molecule has 3 amide bonds. The summed E-state index contributed by atoms with van der Waals surface area (Å²) in [5.74, 6) is 0.629. The molecule has 8 heteroatoms. The molecule has 0 aromatic heterocycles. The normalized spacial score (nSPS) is 18.1. The molecule has 2 aromatic rings. The Morgan fingerprint density at radius 2 is 1.90 bits per heavy atom. The first-order chi connectivity index (χ1) is 14.5. The number of rotatable bonds is 7. The number of hydrogen-bond donors (Lipinski definition) is 2. The molecular formula is C22H25N3O5. The number of carbonyl (C=O) groups excluding carboxylic acids is 2. The van der Waals surface area contributed by atoms with Crippen molar-refractivity contribution in [3.63, 3.8) is 0 Å². The summed E-state index contributed by atoms with van der Waals surface area (Å²) >= 11 is 0. The number of nitrogens with one attached hydrogen (secondary N) is 2. The van der Waals surface area contributed by atoms with Crippen molar-refractivity contribution in [3.8, 4) is 17.2 Å². The van der Waals surface area contributed by atoms with Crippen LogP contribution in [0.25, 0.3) is 0 Å². The standard InChI is InChI=1S/C22H25N3O5/c1-5-30-17-9-7-6-8-16(17)24-21(26)19-13(2)23-22(27)25-20(19)15-11-10-14(28-3)12-18(15)29-4/h6-12,19-20H,5H2,1-4H3,(H,24,26)(H,25,27). The smallest absolute Gasteiger partial charge is 0.341 e. The van der Waals surface area contributed by atoms with Gasteiger partial charge in [-0.25, -0.2) is 9.79 Å². The van der Waals surface area contributed by atoms with E-state index in [-0.39, 0.29) is 5.91 Å². The first-order valence-electron chi connectivity index (χ1n) is 9.58. The molecule has 3 rings (SSSR count). The number of anilines is 1. The average molecular weight is 411 g/mol. The van der Waals surface area contributed by atoms with Crippen molar-refractivity contribution >= 4 is 23.3 Å². The molecule has 2 atom stereocenters. The molecular weight excluding hydrogens is 386 g/mol. The average Bonchev–Trinajstić information content (AvgIpc) is 2.74. The lowest BCUT2D eigenvalue weighted by atomic mass is 9.87. The van der Waals surface area contributed by atoms with Crippen molar-refractivity contribution in [2.75, 3.05) is 26.1 Å². The van der Waals surface area contributed by atoms with Crippen LogP contribution >= 0.6 is 0 Å². The van der Waals surface area contributed by atoms with Crippen LogP contribution in [-0.4, -0.2) is 38.5 Å². The van der Waals surface area contributed by atoms with Gasteiger partial charge in [-0.05, 0) is 38.1 Å². The summed E-state index contributed by atoms with van der Waals surface area (Å²) in [7, 11) is 3.08. The van der Waals surface area contributed by atoms with E-state index in [9.17, 15) is 9.59 Å². The molecule has 0 bridgehead atoms. The van der Waals surface area contributed by atoms with E-state index in [0.717, 1.165) is 0 Å². The van der Waals surface area contributed by atoms with Crippen LogP contribution in [0.15, 0.2) is 47.5 Å². The molecule has 158 valence electrons. The Morgan fingerprint density at radius 1 is 1.13 bits per heavy atom. The van der Waals surface area contributed by atoms with Crippen molar-refractivity contribution in [2.45, 2.75) is 19.9 Å². The minimum Gasteiger partial charge on any atom is -0.497 e. The van der Waals surface area contributed by atoms with Crippen molar-refractivity contribution in [1.82, 2.24) is 5.32 Å². The van der Waals surface area contributed by atoms with Crippen molar-refractivity contribution in [3.05, 3.63) is 48.0 Å². The minimum absolute atomic E-state index is 0.314. The van der Waals surface area contributed by atoms with Gasteiger partial charge in [0.05, 0.1) is 32.6 Å². The molecule has 0 saturated heterocycles. The first-order valence-corrected chi connectivity index (χ1v) is 9.58. The second-order valence-corrected chi connectivity index (χ2v) is 6.68. The highest BCUT2D eigenvalue weighted by Crippen LogP contribution is 2.36. The van der Waals surface area contributed by atoms with E-state index in [4.69, 9.17) is 14.2 Å². The molecule has 2 N–H and O–H groups in total. The van der Waals surface area contributed by atoms with Gasteiger partial charge in [0.1, 0.15) is 23.2 Å². The Hall–Kier alpha value is -3.55. The fourth-order valence-corrected chi connectivity index (χ4v) is 3.46. The van der Waals surface area contributed by atoms with E-state index in [2.05, 4.69) is 15.6 Å². The molecule has 0 radical (unpaired) electrons. The molecule has 2 aromatic carbocycles. The van der Waals surface area contributed by atoms with Gasteiger partial charge >= 0.3 is 6.03 Å². The lowest BCUT2D eigenvalue weighted by molar-refractivity contribution is -0.118. The number of benzene rings is 2. The van der Waals surface area contributed by atoms with Gasteiger partial charge in [-0.1, -0.05) is 12.1 Å². The predicted octanol–water partition coefficient (Wildman–Crippen LogP) is 3.58. The third kappa shape index (κ3) is 4.37. The van der Waals surface area contributed by atoms with Crippen LogP contribution in [0.3, 0.4) is 0 Å². The van der Waals surface area contributed by atoms with E-state index in [0.29, 0.717) is 40.8 Å². The third-order valence-electron chi connectivity index (χ3n) is 4.84. The van der Waals surface area contributed by atoms with Crippen LogP contribution in [-0.2, 0) is 4.79 Å². The van der Waals surface area contributed by atoms with E-state index >= 15 is 0 Å². The molecule has 2 unspecified atom stereocenters. The van der Waals surface area contributed by atoms with Gasteiger partial charge in [0, 0.05) is 17.3 Å². The maximum Gasteiger partial charge on any atom is 0.341 e. The highest BCUT2D eigenvalue weighted by Gasteiger charge is 2.38. The zero-order chi connectivity index (χ0) is 21.7. The summed E-state index contributed by atoms with van der Waals surface area (Å²) in [4.78, 5) is 29.4. The molecule has 0 fully saturated rings. The molecule has 1 aliphatic rings. The van der Waals surface area contributed by atoms with Gasteiger partial charge in [0.25, 0.3) is 0 Å². The Morgan fingerprint density at radius 3 is 2.60 bits per heavy atom. The molecule has 30 heavy (non-hydrogen) atoms. The second kappa shape index (κ2) is 9.30. The third-order valence-corrected chi connectivity index (χ3v) is 4.84. The number of ether oxygens (including phenoxy) is 3. The number of aliphatic imine (C=N–C) groups is 1. The van der Waals surface area contributed by atoms with E-state index in [1.165, 1.54) is 7.11 Å². The second-order valence-electron chi connectivity index (χ2n) is 6.68. The number of amides is 3. The van der Waals surface area contributed by atoms with Gasteiger partial charge in [0.2, 0.25) is 5.91 Å². The zero-order valence-corrected chi connectivity index (χ0v) is 17.4. The lowest BCUT2D eigenvalue weighted by Gasteiger charge is -2.31. The zero-order valence-electron chi connectivity index (χ0n) is 17.4. The largest absolute Gasteiger partial charge is 0.497 e. The fraction of sp³-hybridized carbons (Fsp3) is 0.318. The Bertz CT molecular complexity index is 973. The quantitative estimate of drug-likeness (QED) is 0.726. The van der Waals surface area contributed by atoms with Gasteiger partial charge in [-0.3, -0.25) is 4.79 Å². The summed E-state index contributed by atoms with van der Waals surface area (Å²) in [5.41, 5.74) is 1.61. The van der Waals surface area contributed by atoms with Crippen LogP contribution in [0.4, 0.5) is 10.5 Å².